The van der Waals surface area contributed by atoms with Crippen LogP contribution < -0.4 is 19.1 Å². The minimum absolute atomic E-state index is 0.0375. The largest absolute Gasteiger partial charge is 0.496 e. The number of anilines is 1. The van der Waals surface area contributed by atoms with Crippen molar-refractivity contribution in [3.63, 3.8) is 0 Å². The Morgan fingerprint density at radius 2 is 1.61 bits per heavy atom. The van der Waals surface area contributed by atoms with Crippen LogP contribution in [-0.2, 0) is 16.1 Å². The van der Waals surface area contributed by atoms with Crippen LogP contribution in [0.3, 0.4) is 0 Å². The maximum atomic E-state index is 13.0. The van der Waals surface area contributed by atoms with Gasteiger partial charge in [-0.05, 0) is 31.0 Å². The summed E-state index contributed by atoms with van der Waals surface area (Å²) in [5.41, 5.74) is 1.97. The van der Waals surface area contributed by atoms with Crippen LogP contribution in [0.4, 0.5) is 5.69 Å². The van der Waals surface area contributed by atoms with Gasteiger partial charge < -0.3 is 23.8 Å². The van der Waals surface area contributed by atoms with Gasteiger partial charge in [-0.1, -0.05) is 18.2 Å². The highest BCUT2D eigenvalue weighted by atomic mass is 16.5. The molecule has 168 valence electrons. The zero-order valence-electron chi connectivity index (χ0n) is 18.8. The third kappa shape index (κ3) is 5.48. The molecule has 7 heteroatoms. The van der Waals surface area contributed by atoms with E-state index in [1.54, 1.807) is 28.4 Å². The van der Waals surface area contributed by atoms with Gasteiger partial charge in [0.15, 0.2) is 11.5 Å². The monoisotopic (exact) mass is 428 g/mol. The number of ether oxygens (including phenoxy) is 4. The van der Waals surface area contributed by atoms with Gasteiger partial charge in [-0.2, -0.15) is 0 Å². The highest BCUT2D eigenvalue weighted by molar-refractivity contribution is 5.95. The second kappa shape index (κ2) is 11.0. The molecule has 1 aliphatic heterocycles. The zero-order chi connectivity index (χ0) is 22.2. The van der Waals surface area contributed by atoms with Gasteiger partial charge in [-0.3, -0.25) is 9.69 Å². The second-order valence-electron chi connectivity index (χ2n) is 7.56. The fourth-order valence-corrected chi connectivity index (χ4v) is 4.14. The number of likely N-dealkylation sites (tertiary alicyclic amines) is 1. The molecule has 0 spiro atoms. The average Bonchev–Trinajstić information content (AvgIpc) is 2.80. The molecule has 2 aromatic carbocycles. The summed E-state index contributed by atoms with van der Waals surface area (Å²) in [4.78, 5) is 17.2. The van der Waals surface area contributed by atoms with Crippen LogP contribution in [-0.4, -0.2) is 65.0 Å². The number of para-hydroxylation sites is 1. The molecule has 1 fully saturated rings. The molecule has 1 heterocycles. The summed E-state index contributed by atoms with van der Waals surface area (Å²) in [6.45, 7) is 2.66. The summed E-state index contributed by atoms with van der Waals surface area (Å²) >= 11 is 0. The van der Waals surface area contributed by atoms with E-state index in [1.807, 2.05) is 41.3 Å². The smallest absolute Gasteiger partial charge is 0.253 e. The Morgan fingerprint density at radius 1 is 0.935 bits per heavy atom. The van der Waals surface area contributed by atoms with Crippen LogP contribution in [0.2, 0.25) is 0 Å². The highest BCUT2D eigenvalue weighted by Crippen LogP contribution is 2.34. The van der Waals surface area contributed by atoms with Crippen LogP contribution in [0.5, 0.6) is 17.2 Å². The number of carbonyl (C=O) groups excluding carboxylic acids is 1. The number of rotatable bonds is 9. The topological polar surface area (TPSA) is 60.5 Å². The molecule has 31 heavy (non-hydrogen) atoms. The lowest BCUT2D eigenvalue weighted by Crippen LogP contribution is -2.48. The molecule has 0 aliphatic carbocycles. The molecule has 0 saturated carbocycles. The number of piperidine rings is 1. The van der Waals surface area contributed by atoms with Crippen LogP contribution in [0.25, 0.3) is 0 Å². The summed E-state index contributed by atoms with van der Waals surface area (Å²) in [5.74, 6) is 2.09. The molecule has 1 saturated heterocycles. The van der Waals surface area contributed by atoms with Crippen molar-refractivity contribution in [2.75, 3.05) is 53.0 Å². The molecule has 3 rings (SSSR count). The van der Waals surface area contributed by atoms with Crippen LogP contribution in [0, 0.1) is 0 Å². The first-order valence-corrected chi connectivity index (χ1v) is 10.5. The maximum Gasteiger partial charge on any atom is 0.253 e. The Bertz CT molecular complexity index is 865. The van der Waals surface area contributed by atoms with E-state index in [9.17, 15) is 4.79 Å². The minimum atomic E-state index is -0.0575. The van der Waals surface area contributed by atoms with E-state index in [-0.39, 0.29) is 18.6 Å². The van der Waals surface area contributed by atoms with Gasteiger partial charge in [-0.25, -0.2) is 0 Å². The van der Waals surface area contributed by atoms with E-state index in [2.05, 4.69) is 11.0 Å². The van der Waals surface area contributed by atoms with Gasteiger partial charge in [0.1, 0.15) is 12.4 Å². The fraction of sp³-hybridized carbons (Fsp3) is 0.458. The molecule has 1 aliphatic rings. The molecule has 0 unspecified atom stereocenters. The average molecular weight is 429 g/mol. The number of carbonyl (C=O) groups is 1. The van der Waals surface area contributed by atoms with Crippen molar-refractivity contribution in [3.8, 4) is 17.2 Å². The van der Waals surface area contributed by atoms with Crippen molar-refractivity contribution in [2.24, 2.45) is 0 Å². The van der Waals surface area contributed by atoms with Crippen LogP contribution >= 0.6 is 0 Å². The van der Waals surface area contributed by atoms with E-state index in [0.717, 1.165) is 43.9 Å². The molecule has 7 nitrogen and oxygen atoms in total. The lowest BCUT2D eigenvalue weighted by Gasteiger charge is -2.38. The van der Waals surface area contributed by atoms with Gasteiger partial charge >= 0.3 is 0 Å². The van der Waals surface area contributed by atoms with Crippen molar-refractivity contribution >= 4 is 11.6 Å². The molecule has 0 radical (unpaired) electrons. The van der Waals surface area contributed by atoms with E-state index in [1.165, 1.54) is 5.56 Å². The Morgan fingerprint density at radius 3 is 2.26 bits per heavy atom. The fourth-order valence-electron chi connectivity index (χ4n) is 4.14. The summed E-state index contributed by atoms with van der Waals surface area (Å²) < 4.78 is 21.4. The minimum Gasteiger partial charge on any atom is -0.496 e. The Labute approximate surface area is 184 Å². The van der Waals surface area contributed by atoms with E-state index in [0.29, 0.717) is 11.5 Å². The van der Waals surface area contributed by atoms with Crippen LogP contribution in [0.1, 0.15) is 18.4 Å². The molecule has 2 aromatic rings. The molecule has 0 atom stereocenters. The second-order valence-corrected chi connectivity index (χ2v) is 7.56. The molecule has 1 amide bonds. The van der Waals surface area contributed by atoms with Gasteiger partial charge in [-0.15, -0.1) is 0 Å². The Balaban J connectivity index is 1.74. The SMILES string of the molecule is COCC(=O)N(c1ccc(OC)c(OC)c1)C1CCN(Cc2ccccc2OC)CC1. The molecular formula is C24H32N2O5. The Kier molecular flexibility index (Phi) is 8.14. The van der Waals surface area contributed by atoms with Crippen molar-refractivity contribution in [1.82, 2.24) is 4.90 Å². The maximum absolute atomic E-state index is 13.0. The number of amides is 1. The molecular weight excluding hydrogens is 396 g/mol. The Hall–Kier alpha value is -2.77. The van der Waals surface area contributed by atoms with Crippen molar-refractivity contribution < 1.29 is 23.7 Å². The number of benzene rings is 2. The van der Waals surface area contributed by atoms with E-state index >= 15 is 0 Å². The van der Waals surface area contributed by atoms with Gasteiger partial charge in [0.2, 0.25) is 0 Å². The van der Waals surface area contributed by atoms with E-state index in [4.69, 9.17) is 18.9 Å². The molecule has 0 N–H and O–H groups in total. The zero-order valence-corrected chi connectivity index (χ0v) is 18.8. The first-order chi connectivity index (χ1) is 15.1. The van der Waals surface area contributed by atoms with E-state index < -0.39 is 0 Å². The molecule has 0 aromatic heterocycles. The third-order valence-electron chi connectivity index (χ3n) is 5.69. The summed E-state index contributed by atoms with van der Waals surface area (Å²) in [7, 11) is 6.44. The number of methoxy groups -OCH3 is 4. The predicted octanol–water partition coefficient (Wildman–Crippen LogP) is 3.36. The lowest BCUT2D eigenvalue weighted by atomic mass is 10.0. The first kappa shape index (κ1) is 22.9. The number of hydrogen-bond acceptors (Lipinski definition) is 6. The van der Waals surface area contributed by atoms with Gasteiger partial charge in [0.25, 0.3) is 5.91 Å². The molecule has 0 bridgehead atoms. The highest BCUT2D eigenvalue weighted by Gasteiger charge is 2.30. The number of nitrogens with zero attached hydrogens (tertiary/aromatic N) is 2. The summed E-state index contributed by atoms with van der Waals surface area (Å²) in [6.07, 6.45) is 1.75. The summed E-state index contributed by atoms with van der Waals surface area (Å²) in [6, 6.07) is 13.8. The summed E-state index contributed by atoms with van der Waals surface area (Å²) in [5, 5.41) is 0. The quantitative estimate of drug-likeness (QED) is 0.610. The van der Waals surface area contributed by atoms with Crippen molar-refractivity contribution in [3.05, 3.63) is 48.0 Å². The normalized spacial score (nSPS) is 14.8. The number of hydrogen-bond donors (Lipinski definition) is 0. The first-order valence-electron chi connectivity index (χ1n) is 10.5. The third-order valence-corrected chi connectivity index (χ3v) is 5.69. The van der Waals surface area contributed by atoms with Crippen LogP contribution in [0.15, 0.2) is 42.5 Å². The van der Waals surface area contributed by atoms with Crippen molar-refractivity contribution in [1.29, 1.82) is 0 Å². The standard InChI is InChI=1S/C24H32N2O5/c1-28-17-24(27)26(20-9-10-22(30-3)23(15-20)31-4)19-11-13-25(14-12-19)16-18-7-5-6-8-21(18)29-2/h5-10,15,19H,11-14,16-17H2,1-4H3. The lowest BCUT2D eigenvalue weighted by molar-refractivity contribution is -0.122. The van der Waals surface area contributed by atoms with Gasteiger partial charge in [0, 0.05) is 50.1 Å². The predicted molar refractivity (Wildman–Crippen MR) is 120 cm³/mol. The van der Waals surface area contributed by atoms with Gasteiger partial charge in [0.05, 0.1) is 21.3 Å². The van der Waals surface area contributed by atoms with Crippen molar-refractivity contribution in [2.45, 2.75) is 25.4 Å².